The van der Waals surface area contributed by atoms with Crippen LogP contribution in [-0.2, 0) is 11.8 Å². The predicted octanol–water partition coefficient (Wildman–Crippen LogP) is 3.00. The maximum Gasteiger partial charge on any atom is 0.235 e. The molecule has 6 heteroatoms. The van der Waals surface area contributed by atoms with Crippen LogP contribution >= 0.6 is 11.8 Å². The van der Waals surface area contributed by atoms with Crippen LogP contribution < -0.4 is 0 Å². The Morgan fingerprint density at radius 3 is 2.43 bits per heavy atom. The van der Waals surface area contributed by atoms with Gasteiger partial charge in [0.25, 0.3) is 0 Å². The maximum absolute atomic E-state index is 12.4. The molecule has 1 amide bonds. The van der Waals surface area contributed by atoms with Crippen LogP contribution in [0.1, 0.15) is 19.4 Å². The van der Waals surface area contributed by atoms with E-state index in [0.717, 1.165) is 22.1 Å². The van der Waals surface area contributed by atoms with Crippen molar-refractivity contribution in [1.29, 1.82) is 0 Å². The largest absolute Gasteiger partial charge is 0.348 e. The Morgan fingerprint density at radius 1 is 1.22 bits per heavy atom. The van der Waals surface area contributed by atoms with Gasteiger partial charge in [0.15, 0.2) is 11.0 Å². The van der Waals surface area contributed by atoms with Gasteiger partial charge in [0.05, 0.1) is 5.25 Å². The molecular formula is C17H24N4OS. The molecule has 0 aliphatic rings. The van der Waals surface area contributed by atoms with Crippen molar-refractivity contribution in [3.63, 3.8) is 0 Å². The molecule has 23 heavy (non-hydrogen) atoms. The van der Waals surface area contributed by atoms with E-state index >= 15 is 0 Å². The van der Waals surface area contributed by atoms with E-state index in [4.69, 9.17) is 0 Å². The molecule has 0 spiro atoms. The SMILES string of the molecule is Cc1ccccc1-c1nnc(SC(C(=O)N(C)C)C(C)C)n1C. The van der Waals surface area contributed by atoms with Crippen LogP contribution in [0.25, 0.3) is 11.4 Å². The van der Waals surface area contributed by atoms with Crippen LogP contribution in [0.15, 0.2) is 29.4 Å². The molecule has 0 aliphatic heterocycles. The zero-order chi connectivity index (χ0) is 17.1. The normalized spacial score (nSPS) is 12.5. The number of carbonyl (C=O) groups excluding carboxylic acids is 1. The van der Waals surface area contributed by atoms with Gasteiger partial charge in [-0.15, -0.1) is 10.2 Å². The smallest absolute Gasteiger partial charge is 0.235 e. The lowest BCUT2D eigenvalue weighted by Crippen LogP contribution is -2.35. The first-order valence-corrected chi connectivity index (χ1v) is 8.54. The van der Waals surface area contributed by atoms with E-state index in [9.17, 15) is 4.79 Å². The molecule has 1 atom stereocenters. The van der Waals surface area contributed by atoms with E-state index in [1.54, 1.807) is 19.0 Å². The van der Waals surface area contributed by atoms with Gasteiger partial charge < -0.3 is 9.47 Å². The molecule has 0 fully saturated rings. The highest BCUT2D eigenvalue weighted by Crippen LogP contribution is 2.30. The molecule has 0 aliphatic carbocycles. The third-order valence-electron chi connectivity index (χ3n) is 3.74. The second kappa shape index (κ2) is 7.17. The number of nitrogens with zero attached hydrogens (tertiary/aromatic N) is 4. The molecular weight excluding hydrogens is 308 g/mol. The minimum Gasteiger partial charge on any atom is -0.348 e. The van der Waals surface area contributed by atoms with Gasteiger partial charge in [-0.2, -0.15) is 0 Å². The number of carbonyl (C=O) groups is 1. The third kappa shape index (κ3) is 3.75. The molecule has 0 N–H and O–H groups in total. The monoisotopic (exact) mass is 332 g/mol. The fourth-order valence-electron chi connectivity index (χ4n) is 2.32. The summed E-state index contributed by atoms with van der Waals surface area (Å²) < 4.78 is 1.96. The number of aryl methyl sites for hydroxylation is 1. The van der Waals surface area contributed by atoms with E-state index in [1.807, 2.05) is 29.8 Å². The fraction of sp³-hybridized carbons (Fsp3) is 0.471. The zero-order valence-corrected chi connectivity index (χ0v) is 15.4. The topological polar surface area (TPSA) is 51.0 Å². The number of thioether (sulfide) groups is 1. The van der Waals surface area contributed by atoms with Gasteiger partial charge in [0, 0.05) is 26.7 Å². The molecule has 0 saturated heterocycles. The number of benzene rings is 1. The molecule has 2 aromatic rings. The fourth-order valence-corrected chi connectivity index (χ4v) is 3.46. The lowest BCUT2D eigenvalue weighted by molar-refractivity contribution is -0.128. The molecule has 1 aromatic carbocycles. The summed E-state index contributed by atoms with van der Waals surface area (Å²) in [5, 5.41) is 9.23. The van der Waals surface area contributed by atoms with E-state index in [1.165, 1.54) is 11.8 Å². The van der Waals surface area contributed by atoms with Gasteiger partial charge in [0.1, 0.15) is 0 Å². The Kier molecular flexibility index (Phi) is 5.46. The van der Waals surface area contributed by atoms with Gasteiger partial charge in [-0.25, -0.2) is 0 Å². The van der Waals surface area contributed by atoms with Crippen molar-refractivity contribution in [3.8, 4) is 11.4 Å². The van der Waals surface area contributed by atoms with Crippen molar-refractivity contribution in [1.82, 2.24) is 19.7 Å². The number of amides is 1. The first-order valence-electron chi connectivity index (χ1n) is 7.66. The standard InChI is InChI=1S/C17H24N4OS/c1-11(2)14(16(22)20(4)5)23-17-19-18-15(21(17)6)13-10-8-7-9-12(13)3/h7-11,14H,1-6H3. The summed E-state index contributed by atoms with van der Waals surface area (Å²) >= 11 is 1.48. The third-order valence-corrected chi connectivity index (χ3v) is 5.31. The van der Waals surface area contributed by atoms with Crippen LogP contribution in [0.3, 0.4) is 0 Å². The van der Waals surface area contributed by atoms with Crippen LogP contribution in [0.2, 0.25) is 0 Å². The van der Waals surface area contributed by atoms with Crippen LogP contribution in [0.4, 0.5) is 0 Å². The summed E-state index contributed by atoms with van der Waals surface area (Å²) in [6.45, 7) is 6.17. The molecule has 0 radical (unpaired) electrons. The number of hydrogen-bond acceptors (Lipinski definition) is 4. The van der Waals surface area contributed by atoms with Gasteiger partial charge in [-0.05, 0) is 18.4 Å². The second-order valence-corrected chi connectivity index (χ2v) is 7.30. The Bertz CT molecular complexity index is 694. The zero-order valence-electron chi connectivity index (χ0n) is 14.6. The van der Waals surface area contributed by atoms with Gasteiger partial charge >= 0.3 is 0 Å². The lowest BCUT2D eigenvalue weighted by atomic mass is 10.1. The number of rotatable bonds is 5. The maximum atomic E-state index is 12.4. The second-order valence-electron chi connectivity index (χ2n) is 6.20. The molecule has 1 heterocycles. The summed E-state index contributed by atoms with van der Waals surface area (Å²) in [6.07, 6.45) is 0. The van der Waals surface area contributed by atoms with E-state index in [0.29, 0.717) is 0 Å². The Morgan fingerprint density at radius 2 is 1.87 bits per heavy atom. The van der Waals surface area contributed by atoms with Crippen molar-refractivity contribution in [3.05, 3.63) is 29.8 Å². The lowest BCUT2D eigenvalue weighted by Gasteiger charge is -2.22. The average molecular weight is 332 g/mol. The molecule has 1 aromatic heterocycles. The van der Waals surface area contributed by atoms with Crippen LogP contribution in [0, 0.1) is 12.8 Å². The first-order chi connectivity index (χ1) is 10.8. The Labute approximate surface area is 142 Å². The van der Waals surface area contributed by atoms with Gasteiger partial charge in [-0.3, -0.25) is 4.79 Å². The molecule has 0 saturated carbocycles. The van der Waals surface area contributed by atoms with Crippen molar-refractivity contribution in [2.75, 3.05) is 14.1 Å². The molecule has 124 valence electrons. The minimum absolute atomic E-state index is 0.102. The van der Waals surface area contributed by atoms with Crippen molar-refractivity contribution in [2.24, 2.45) is 13.0 Å². The average Bonchev–Trinajstić information content (AvgIpc) is 2.85. The number of aromatic nitrogens is 3. The molecule has 5 nitrogen and oxygen atoms in total. The van der Waals surface area contributed by atoms with E-state index in [-0.39, 0.29) is 17.1 Å². The highest BCUT2D eigenvalue weighted by molar-refractivity contribution is 8.00. The van der Waals surface area contributed by atoms with Gasteiger partial charge in [0.2, 0.25) is 5.91 Å². The van der Waals surface area contributed by atoms with Crippen LogP contribution in [0.5, 0.6) is 0 Å². The van der Waals surface area contributed by atoms with Crippen molar-refractivity contribution >= 4 is 17.7 Å². The van der Waals surface area contributed by atoms with Crippen molar-refractivity contribution < 1.29 is 4.79 Å². The Balaban J connectivity index is 2.32. The summed E-state index contributed by atoms with van der Waals surface area (Å²) in [6, 6.07) is 8.10. The summed E-state index contributed by atoms with van der Waals surface area (Å²) in [5.74, 6) is 1.14. The quantitative estimate of drug-likeness (QED) is 0.790. The highest BCUT2D eigenvalue weighted by Gasteiger charge is 2.27. The molecule has 2 rings (SSSR count). The first kappa shape index (κ1) is 17.5. The molecule has 1 unspecified atom stereocenters. The summed E-state index contributed by atoms with van der Waals surface area (Å²) in [7, 11) is 5.52. The molecule has 0 bridgehead atoms. The van der Waals surface area contributed by atoms with E-state index < -0.39 is 0 Å². The van der Waals surface area contributed by atoms with Crippen molar-refractivity contribution in [2.45, 2.75) is 31.2 Å². The summed E-state index contributed by atoms with van der Waals surface area (Å²) in [4.78, 5) is 14.0. The summed E-state index contributed by atoms with van der Waals surface area (Å²) in [5.41, 5.74) is 2.22. The predicted molar refractivity (Wildman–Crippen MR) is 94.4 cm³/mol. The number of hydrogen-bond donors (Lipinski definition) is 0. The Hall–Kier alpha value is -1.82. The van der Waals surface area contributed by atoms with E-state index in [2.05, 4.69) is 37.0 Å². The minimum atomic E-state index is -0.169. The van der Waals surface area contributed by atoms with Crippen LogP contribution in [-0.4, -0.2) is 44.9 Å². The highest BCUT2D eigenvalue weighted by atomic mass is 32.2. The van der Waals surface area contributed by atoms with Gasteiger partial charge in [-0.1, -0.05) is 49.9 Å².